The van der Waals surface area contributed by atoms with Crippen LogP contribution in [0.4, 0.5) is 0 Å². The average molecular weight is 460 g/mol. The molecule has 2 aliphatic rings. The molecular formula is C33H17NS. The van der Waals surface area contributed by atoms with Crippen LogP contribution >= 0.6 is 11.3 Å². The summed E-state index contributed by atoms with van der Waals surface area (Å²) < 4.78 is 2.71. The van der Waals surface area contributed by atoms with Crippen LogP contribution in [0, 0.1) is 0 Å². The first-order valence-corrected chi connectivity index (χ1v) is 12.8. The fraction of sp³-hybridized carbons (Fsp3) is 0. The first-order valence-electron chi connectivity index (χ1n) is 12.0. The second-order valence-electron chi connectivity index (χ2n) is 9.48. The van der Waals surface area contributed by atoms with E-state index in [0.717, 1.165) is 5.52 Å². The van der Waals surface area contributed by atoms with Crippen molar-refractivity contribution in [2.24, 2.45) is 0 Å². The predicted molar refractivity (Wildman–Crippen MR) is 152 cm³/mol. The van der Waals surface area contributed by atoms with Gasteiger partial charge in [-0.05, 0) is 67.7 Å². The Morgan fingerprint density at radius 1 is 0.486 bits per heavy atom. The Kier molecular flexibility index (Phi) is 3.23. The summed E-state index contributed by atoms with van der Waals surface area (Å²) in [5, 5.41) is 12.0. The van der Waals surface area contributed by atoms with Crippen molar-refractivity contribution >= 4 is 74.7 Å². The number of nitrogens with zero attached hydrogens (tertiary/aromatic N) is 1. The zero-order valence-electron chi connectivity index (χ0n) is 18.7. The van der Waals surface area contributed by atoms with Gasteiger partial charge >= 0.3 is 0 Å². The van der Waals surface area contributed by atoms with Crippen LogP contribution in [-0.2, 0) is 0 Å². The van der Waals surface area contributed by atoms with Gasteiger partial charge in [-0.15, -0.1) is 11.3 Å². The largest absolute Gasteiger partial charge is 0.256 e. The van der Waals surface area contributed by atoms with Gasteiger partial charge in [0.2, 0.25) is 0 Å². The summed E-state index contributed by atoms with van der Waals surface area (Å²) in [7, 11) is 0. The molecule has 0 aliphatic heterocycles. The van der Waals surface area contributed by atoms with Crippen LogP contribution in [0.25, 0.3) is 85.6 Å². The van der Waals surface area contributed by atoms with Crippen LogP contribution in [0.5, 0.6) is 0 Å². The third-order valence-corrected chi connectivity index (χ3v) is 8.94. The second-order valence-corrected chi connectivity index (χ2v) is 10.5. The monoisotopic (exact) mass is 459 g/mol. The second kappa shape index (κ2) is 6.24. The molecule has 0 radical (unpaired) electrons. The van der Waals surface area contributed by atoms with E-state index in [9.17, 15) is 0 Å². The van der Waals surface area contributed by atoms with Crippen LogP contribution in [-0.4, -0.2) is 4.98 Å². The molecule has 160 valence electrons. The highest BCUT2D eigenvalue weighted by Crippen LogP contribution is 2.61. The van der Waals surface area contributed by atoms with Gasteiger partial charge in [0.1, 0.15) is 0 Å². The molecule has 0 saturated carbocycles. The average Bonchev–Trinajstić information content (AvgIpc) is 3.27. The van der Waals surface area contributed by atoms with E-state index in [-0.39, 0.29) is 0 Å². The molecule has 0 unspecified atom stereocenters. The highest BCUT2D eigenvalue weighted by Gasteiger charge is 2.34. The van der Waals surface area contributed by atoms with Crippen LogP contribution in [0.2, 0.25) is 0 Å². The van der Waals surface area contributed by atoms with E-state index in [1.807, 2.05) is 17.5 Å². The molecule has 35 heavy (non-hydrogen) atoms. The standard InChI is InChI=1S/C33H17NS/c1-2-10-20-18(8-1)19-9-3-4-12-22(19)29-24(20)16-26-30(29)31(26)32-23-13-7-15-34-27(23)17-25-21-11-5-6-14-28(21)35-33(25)32/h1-17H. The maximum Gasteiger partial charge on any atom is 0.0715 e. The normalized spacial score (nSPS) is 12.6. The van der Waals surface area contributed by atoms with E-state index < -0.39 is 0 Å². The molecule has 2 heterocycles. The summed E-state index contributed by atoms with van der Waals surface area (Å²) in [4.78, 5) is 4.78. The van der Waals surface area contributed by atoms with Gasteiger partial charge in [-0.3, -0.25) is 4.98 Å². The first-order chi connectivity index (χ1) is 17.4. The molecule has 0 amide bonds. The van der Waals surface area contributed by atoms with Crippen molar-refractivity contribution in [2.45, 2.75) is 0 Å². The Bertz CT molecular complexity index is 2220. The Hall–Kier alpha value is -4.27. The maximum atomic E-state index is 4.78. The van der Waals surface area contributed by atoms with Gasteiger partial charge in [-0.1, -0.05) is 72.8 Å². The van der Waals surface area contributed by atoms with Gasteiger partial charge in [0.25, 0.3) is 0 Å². The third kappa shape index (κ3) is 2.21. The molecule has 9 rings (SSSR count). The van der Waals surface area contributed by atoms with Crippen molar-refractivity contribution in [2.75, 3.05) is 0 Å². The van der Waals surface area contributed by atoms with Gasteiger partial charge in [-0.2, -0.15) is 0 Å². The smallest absolute Gasteiger partial charge is 0.0715 e. The van der Waals surface area contributed by atoms with Crippen molar-refractivity contribution < 1.29 is 0 Å². The summed E-state index contributed by atoms with van der Waals surface area (Å²) in [5.74, 6) is 0. The molecule has 0 atom stereocenters. The lowest BCUT2D eigenvalue weighted by Gasteiger charge is -2.08. The number of aromatic nitrogens is 1. The molecule has 7 aromatic rings. The lowest BCUT2D eigenvalue weighted by atomic mass is 9.95. The van der Waals surface area contributed by atoms with Crippen molar-refractivity contribution in [3.8, 4) is 22.3 Å². The van der Waals surface area contributed by atoms with Gasteiger partial charge in [0, 0.05) is 42.9 Å². The summed E-state index contributed by atoms with van der Waals surface area (Å²) in [6.45, 7) is 0. The third-order valence-electron chi connectivity index (χ3n) is 7.74. The Morgan fingerprint density at radius 2 is 1.14 bits per heavy atom. The van der Waals surface area contributed by atoms with Crippen molar-refractivity contribution in [3.05, 3.63) is 103 Å². The molecule has 0 fully saturated rings. The quantitative estimate of drug-likeness (QED) is 0.223. The fourth-order valence-electron chi connectivity index (χ4n) is 6.24. The minimum Gasteiger partial charge on any atom is -0.256 e. The number of thiophene rings is 1. The maximum absolute atomic E-state index is 4.78. The highest BCUT2D eigenvalue weighted by atomic mass is 32.1. The first kappa shape index (κ1) is 18.1. The Balaban J connectivity index is 1.48. The lowest BCUT2D eigenvalue weighted by Crippen LogP contribution is -1.82. The van der Waals surface area contributed by atoms with E-state index in [0.29, 0.717) is 0 Å². The van der Waals surface area contributed by atoms with Gasteiger partial charge in [-0.25, -0.2) is 0 Å². The lowest BCUT2D eigenvalue weighted by molar-refractivity contribution is 1.42. The topological polar surface area (TPSA) is 12.9 Å². The molecular weight excluding hydrogens is 442 g/mol. The van der Waals surface area contributed by atoms with E-state index in [1.54, 1.807) is 0 Å². The van der Waals surface area contributed by atoms with Gasteiger partial charge in [0.15, 0.2) is 0 Å². The van der Waals surface area contributed by atoms with Crippen LogP contribution in [0.3, 0.4) is 0 Å². The fourth-order valence-corrected chi connectivity index (χ4v) is 7.49. The van der Waals surface area contributed by atoms with Crippen molar-refractivity contribution in [1.29, 1.82) is 0 Å². The van der Waals surface area contributed by atoms with Gasteiger partial charge < -0.3 is 0 Å². The zero-order chi connectivity index (χ0) is 22.7. The molecule has 0 N–H and O–H groups in total. The number of benzene rings is 6. The minimum absolute atomic E-state index is 1.07. The molecule has 1 nitrogen and oxygen atoms in total. The highest BCUT2D eigenvalue weighted by molar-refractivity contribution is 7.26. The SMILES string of the molecule is c1ccc2c(c1)sc1c(-c3c4cc5c6ccccc6c6ccccc6c5c3-4)c3cccnc3cc12. The van der Waals surface area contributed by atoms with Gasteiger partial charge in [0.05, 0.1) is 5.52 Å². The number of rotatable bonds is 1. The number of hydrogen-bond acceptors (Lipinski definition) is 2. The number of fused-ring (bicyclic) bond motifs is 12. The summed E-state index contributed by atoms with van der Waals surface area (Å²) in [5.41, 5.74) is 6.67. The number of hydrogen-bond donors (Lipinski definition) is 0. The molecule has 0 bridgehead atoms. The molecule has 0 spiro atoms. The van der Waals surface area contributed by atoms with Crippen molar-refractivity contribution in [1.82, 2.24) is 4.98 Å². The molecule has 0 saturated heterocycles. The van der Waals surface area contributed by atoms with E-state index >= 15 is 0 Å². The number of pyridine rings is 1. The van der Waals surface area contributed by atoms with E-state index in [4.69, 9.17) is 4.98 Å². The summed E-state index contributed by atoms with van der Waals surface area (Å²) >= 11 is 1.91. The molecule has 2 aliphatic carbocycles. The Morgan fingerprint density at radius 3 is 1.97 bits per heavy atom. The summed E-state index contributed by atoms with van der Waals surface area (Å²) in [6.07, 6.45) is 1.91. The summed E-state index contributed by atoms with van der Waals surface area (Å²) in [6, 6.07) is 35.5. The van der Waals surface area contributed by atoms with Crippen molar-refractivity contribution in [3.63, 3.8) is 0 Å². The van der Waals surface area contributed by atoms with Crippen LogP contribution in [0.15, 0.2) is 103 Å². The Labute approximate surface area is 204 Å². The van der Waals surface area contributed by atoms with E-state index in [1.165, 1.54) is 80.1 Å². The molecule has 2 aromatic heterocycles. The van der Waals surface area contributed by atoms with Crippen LogP contribution < -0.4 is 0 Å². The predicted octanol–water partition coefficient (Wildman–Crippen LogP) is 9.71. The van der Waals surface area contributed by atoms with Crippen LogP contribution in [0.1, 0.15) is 0 Å². The molecule has 5 aromatic carbocycles. The zero-order valence-corrected chi connectivity index (χ0v) is 19.5. The van der Waals surface area contributed by atoms with E-state index in [2.05, 4.69) is 97.1 Å². The minimum atomic E-state index is 1.07. The molecule has 2 heteroatoms.